The zero-order valence-electron chi connectivity index (χ0n) is 17.0. The van der Waals surface area contributed by atoms with Crippen LogP contribution in [-0.2, 0) is 25.0 Å². The third-order valence-corrected chi connectivity index (χ3v) is 8.10. The Morgan fingerprint density at radius 2 is 1.94 bits per heavy atom. The highest BCUT2D eigenvalue weighted by Gasteiger charge is 2.51. The van der Waals surface area contributed by atoms with E-state index < -0.39 is 45.8 Å². The first-order valence-corrected chi connectivity index (χ1v) is 12.1. The number of ether oxygens (including phenoxy) is 2. The number of imide groups is 1. The van der Waals surface area contributed by atoms with Crippen molar-refractivity contribution in [2.24, 2.45) is 0 Å². The molecule has 31 heavy (non-hydrogen) atoms. The first-order chi connectivity index (χ1) is 14.7. The molecule has 3 aliphatic heterocycles. The summed E-state index contributed by atoms with van der Waals surface area (Å²) in [5.74, 6) is 0.0898. The molecule has 11 heteroatoms. The summed E-state index contributed by atoms with van der Waals surface area (Å²) in [5, 5.41) is 2.68. The van der Waals surface area contributed by atoms with E-state index in [0.717, 1.165) is 17.7 Å². The van der Waals surface area contributed by atoms with Crippen molar-refractivity contribution in [3.05, 3.63) is 23.8 Å². The number of rotatable bonds is 5. The summed E-state index contributed by atoms with van der Waals surface area (Å²) in [4.78, 5) is 41.4. The van der Waals surface area contributed by atoms with Gasteiger partial charge in [-0.15, -0.1) is 0 Å². The van der Waals surface area contributed by atoms with Gasteiger partial charge in [0.05, 0.1) is 11.5 Å². The minimum Gasteiger partial charge on any atom is -0.454 e. The molecule has 5 rings (SSSR count). The molecule has 1 aliphatic carbocycles. The fourth-order valence-electron chi connectivity index (χ4n) is 4.51. The van der Waals surface area contributed by atoms with Crippen LogP contribution in [0.4, 0.5) is 4.79 Å². The maximum absolute atomic E-state index is 13.2. The Bertz CT molecular complexity index is 1080. The van der Waals surface area contributed by atoms with Crippen molar-refractivity contribution < 1.29 is 32.3 Å². The number of amides is 4. The predicted octanol–water partition coefficient (Wildman–Crippen LogP) is 0.360. The molecule has 2 atom stereocenters. The minimum absolute atomic E-state index is 0.0215. The Hall–Kier alpha value is -2.82. The van der Waals surface area contributed by atoms with Crippen molar-refractivity contribution in [1.82, 2.24) is 15.1 Å². The van der Waals surface area contributed by atoms with Gasteiger partial charge in [0.2, 0.25) is 12.7 Å². The van der Waals surface area contributed by atoms with Crippen molar-refractivity contribution in [2.45, 2.75) is 43.8 Å². The van der Waals surface area contributed by atoms with Gasteiger partial charge in [-0.2, -0.15) is 0 Å². The second-order valence-corrected chi connectivity index (χ2v) is 10.8. The van der Waals surface area contributed by atoms with Gasteiger partial charge < -0.3 is 19.7 Å². The second-order valence-electron chi connectivity index (χ2n) is 8.60. The van der Waals surface area contributed by atoms with Gasteiger partial charge >= 0.3 is 6.03 Å². The third-order valence-electron chi connectivity index (χ3n) is 6.35. The second kappa shape index (κ2) is 6.84. The summed E-state index contributed by atoms with van der Waals surface area (Å²) >= 11 is 0. The number of sulfone groups is 1. The summed E-state index contributed by atoms with van der Waals surface area (Å²) in [6, 6.07) is 3.92. The standard InChI is InChI=1S/C20H23N3O7S/c1-20(12-2-5-15-16(8-12)30-11-29-15)18(25)22(19(26)21-20)9-17(24)23(13-3-4-13)14-6-7-31(27,28)10-14/h2,5,8,13-14H,3-4,6-7,9-11H2,1H3,(H,21,26). The number of nitrogens with one attached hydrogen (secondary N) is 1. The zero-order chi connectivity index (χ0) is 22.0. The summed E-state index contributed by atoms with van der Waals surface area (Å²) in [5.41, 5.74) is -0.828. The molecule has 1 saturated carbocycles. The molecule has 166 valence electrons. The van der Waals surface area contributed by atoms with E-state index in [1.807, 2.05) is 0 Å². The number of hydrogen-bond donors (Lipinski definition) is 1. The molecule has 1 aromatic rings. The Morgan fingerprint density at radius 3 is 2.61 bits per heavy atom. The molecule has 0 radical (unpaired) electrons. The lowest BCUT2D eigenvalue weighted by Crippen LogP contribution is -2.49. The average Bonchev–Trinajstić information content (AvgIpc) is 3.24. The monoisotopic (exact) mass is 449 g/mol. The van der Waals surface area contributed by atoms with Crippen LogP contribution in [0.15, 0.2) is 18.2 Å². The lowest BCUT2D eigenvalue weighted by molar-refractivity contribution is -0.140. The van der Waals surface area contributed by atoms with Crippen LogP contribution >= 0.6 is 0 Å². The van der Waals surface area contributed by atoms with Gasteiger partial charge in [-0.05, 0) is 43.9 Å². The quantitative estimate of drug-likeness (QED) is 0.644. The smallest absolute Gasteiger partial charge is 0.325 e. The molecule has 0 bridgehead atoms. The van der Waals surface area contributed by atoms with Crippen molar-refractivity contribution in [3.63, 3.8) is 0 Å². The maximum atomic E-state index is 13.2. The molecule has 3 heterocycles. The van der Waals surface area contributed by atoms with Crippen molar-refractivity contribution >= 4 is 27.7 Å². The number of fused-ring (bicyclic) bond motifs is 1. The van der Waals surface area contributed by atoms with Gasteiger partial charge in [0.25, 0.3) is 5.91 Å². The highest BCUT2D eigenvalue weighted by atomic mass is 32.2. The van der Waals surface area contributed by atoms with Crippen LogP contribution in [-0.4, -0.2) is 73.0 Å². The normalized spacial score (nSPS) is 28.7. The average molecular weight is 449 g/mol. The lowest BCUT2D eigenvalue weighted by atomic mass is 9.91. The van der Waals surface area contributed by atoms with E-state index in [4.69, 9.17) is 9.47 Å². The van der Waals surface area contributed by atoms with Crippen molar-refractivity contribution in [1.29, 1.82) is 0 Å². The SMILES string of the molecule is CC1(c2ccc3c(c2)OCO3)NC(=O)N(CC(=O)N(C2CC2)C2CCS(=O)(=O)C2)C1=O. The van der Waals surface area contributed by atoms with Gasteiger partial charge in [-0.3, -0.25) is 14.5 Å². The Labute approximate surface area is 179 Å². The third kappa shape index (κ3) is 3.40. The van der Waals surface area contributed by atoms with Crippen LogP contribution in [0.5, 0.6) is 11.5 Å². The van der Waals surface area contributed by atoms with E-state index >= 15 is 0 Å². The number of benzene rings is 1. The fraction of sp³-hybridized carbons (Fsp3) is 0.550. The number of hydrogen-bond acceptors (Lipinski definition) is 7. The number of nitrogens with zero attached hydrogens (tertiary/aromatic N) is 2. The van der Waals surface area contributed by atoms with Crippen molar-refractivity contribution in [3.8, 4) is 11.5 Å². The van der Waals surface area contributed by atoms with Crippen LogP contribution in [0.25, 0.3) is 0 Å². The summed E-state index contributed by atoms with van der Waals surface area (Å²) in [7, 11) is -3.16. The maximum Gasteiger partial charge on any atom is 0.325 e. The number of urea groups is 1. The number of carbonyl (C=O) groups is 3. The minimum atomic E-state index is -3.16. The molecule has 2 saturated heterocycles. The first kappa shape index (κ1) is 20.1. The zero-order valence-corrected chi connectivity index (χ0v) is 17.8. The van der Waals surface area contributed by atoms with Gasteiger partial charge in [-0.1, -0.05) is 6.07 Å². The molecule has 4 aliphatic rings. The molecule has 3 fully saturated rings. The van der Waals surface area contributed by atoms with E-state index in [0.29, 0.717) is 23.5 Å². The molecular weight excluding hydrogens is 426 g/mol. The van der Waals surface area contributed by atoms with Crippen LogP contribution in [0.2, 0.25) is 0 Å². The van der Waals surface area contributed by atoms with E-state index in [-0.39, 0.29) is 24.3 Å². The lowest BCUT2D eigenvalue weighted by Gasteiger charge is -2.30. The summed E-state index contributed by atoms with van der Waals surface area (Å²) in [6.07, 6.45) is 1.99. The molecular formula is C20H23N3O7S. The topological polar surface area (TPSA) is 122 Å². The van der Waals surface area contributed by atoms with Crippen LogP contribution in [0.1, 0.15) is 31.7 Å². The Kier molecular flexibility index (Phi) is 4.44. The molecule has 0 aromatic heterocycles. The highest BCUT2D eigenvalue weighted by molar-refractivity contribution is 7.91. The van der Waals surface area contributed by atoms with Gasteiger partial charge in [0.15, 0.2) is 21.3 Å². The van der Waals surface area contributed by atoms with Crippen LogP contribution in [0.3, 0.4) is 0 Å². The number of carbonyl (C=O) groups excluding carboxylic acids is 3. The van der Waals surface area contributed by atoms with E-state index in [1.54, 1.807) is 30.0 Å². The molecule has 2 unspecified atom stereocenters. The van der Waals surface area contributed by atoms with Gasteiger partial charge in [0, 0.05) is 12.1 Å². The molecule has 1 N–H and O–H groups in total. The fourth-order valence-corrected chi connectivity index (χ4v) is 6.22. The summed E-state index contributed by atoms with van der Waals surface area (Å²) < 4.78 is 34.5. The Morgan fingerprint density at radius 1 is 1.19 bits per heavy atom. The van der Waals surface area contributed by atoms with Crippen molar-refractivity contribution in [2.75, 3.05) is 24.8 Å². The van der Waals surface area contributed by atoms with E-state index in [1.165, 1.54) is 0 Å². The van der Waals surface area contributed by atoms with Crippen LogP contribution in [0, 0.1) is 0 Å². The van der Waals surface area contributed by atoms with Gasteiger partial charge in [0.1, 0.15) is 12.1 Å². The summed E-state index contributed by atoms with van der Waals surface area (Å²) in [6.45, 7) is 1.25. The van der Waals surface area contributed by atoms with E-state index in [2.05, 4.69) is 5.32 Å². The Balaban J connectivity index is 1.35. The predicted molar refractivity (Wildman–Crippen MR) is 107 cm³/mol. The van der Waals surface area contributed by atoms with Crippen LogP contribution < -0.4 is 14.8 Å². The molecule has 4 amide bonds. The van der Waals surface area contributed by atoms with Gasteiger partial charge in [-0.25, -0.2) is 13.2 Å². The first-order valence-electron chi connectivity index (χ1n) is 10.2. The largest absolute Gasteiger partial charge is 0.454 e. The van der Waals surface area contributed by atoms with E-state index in [9.17, 15) is 22.8 Å². The highest BCUT2D eigenvalue weighted by Crippen LogP contribution is 2.38. The molecule has 1 aromatic carbocycles. The molecule has 0 spiro atoms. The molecule has 10 nitrogen and oxygen atoms in total.